The predicted octanol–water partition coefficient (Wildman–Crippen LogP) is -0.871. The third-order valence-corrected chi connectivity index (χ3v) is 2.26. The Balaban J connectivity index is 2.91. The molecule has 0 saturated heterocycles. The van der Waals surface area contributed by atoms with Gasteiger partial charge in [-0.25, -0.2) is 5.43 Å². The number of hydrogen-bond donors (Lipinski definition) is 5. The van der Waals surface area contributed by atoms with Crippen LogP contribution in [0, 0.1) is 0 Å². The zero-order valence-electron chi connectivity index (χ0n) is 8.50. The second-order valence-electron chi connectivity index (χ2n) is 3.33. The van der Waals surface area contributed by atoms with Gasteiger partial charge in [-0.15, -0.1) is 0 Å². The Morgan fingerprint density at radius 3 is 2.50 bits per heavy atom. The first-order chi connectivity index (χ1) is 7.56. The summed E-state index contributed by atoms with van der Waals surface area (Å²) in [5.41, 5.74) is 2.97. The van der Waals surface area contributed by atoms with E-state index in [1.807, 2.05) is 0 Å². The molecule has 0 radical (unpaired) electrons. The molecule has 0 fully saturated rings. The minimum Gasteiger partial charge on any atom is -0.480 e. The number of aliphatic carboxylic acids is 1. The molecule has 16 heavy (non-hydrogen) atoms. The summed E-state index contributed by atoms with van der Waals surface area (Å²) in [7, 11) is 0. The molecule has 6 N–H and O–H groups in total. The van der Waals surface area contributed by atoms with Crippen molar-refractivity contribution in [1.29, 1.82) is 0 Å². The van der Waals surface area contributed by atoms with Gasteiger partial charge in [-0.1, -0.05) is 24.3 Å². The number of benzene rings is 1. The summed E-state index contributed by atoms with van der Waals surface area (Å²) >= 11 is 0. The molecular weight excluding hydrogens is 212 g/mol. The van der Waals surface area contributed by atoms with E-state index in [9.17, 15) is 4.79 Å². The van der Waals surface area contributed by atoms with Gasteiger partial charge in [0.1, 0.15) is 6.04 Å². The normalized spacial score (nSPS) is 12.8. The van der Waals surface area contributed by atoms with Gasteiger partial charge in [-0.2, -0.15) is 0 Å². The summed E-state index contributed by atoms with van der Waals surface area (Å²) in [6.45, 7) is 0. The first-order valence-electron chi connectivity index (χ1n) is 4.69. The van der Waals surface area contributed by atoms with Gasteiger partial charge in [0.05, 0.1) is 0 Å². The summed E-state index contributed by atoms with van der Waals surface area (Å²) in [5.74, 6) is 4.00. The highest BCUT2D eigenvalue weighted by atomic mass is 16.5. The summed E-state index contributed by atoms with van der Waals surface area (Å²) < 4.78 is 0. The van der Waals surface area contributed by atoms with Crippen LogP contribution in [-0.2, 0) is 11.2 Å². The zero-order valence-corrected chi connectivity index (χ0v) is 8.50. The molecule has 0 spiro atoms. The lowest BCUT2D eigenvalue weighted by Crippen LogP contribution is -2.43. The molecule has 1 atom stereocenters. The topological polar surface area (TPSA) is 116 Å². The highest BCUT2D eigenvalue weighted by molar-refractivity contribution is 5.73. The number of aliphatic hydroxyl groups excluding tert-OH is 1. The number of aliphatic hydroxyl groups is 2. The Morgan fingerprint density at radius 1 is 1.38 bits per heavy atom. The number of carboxylic acid groups (broad SMARTS) is 1. The van der Waals surface area contributed by atoms with Crippen LogP contribution in [0.15, 0.2) is 24.3 Å². The van der Waals surface area contributed by atoms with Crippen molar-refractivity contribution in [2.75, 3.05) is 0 Å². The van der Waals surface area contributed by atoms with E-state index in [1.54, 1.807) is 18.2 Å². The van der Waals surface area contributed by atoms with Crippen LogP contribution in [0.25, 0.3) is 0 Å². The van der Waals surface area contributed by atoms with Crippen molar-refractivity contribution < 1.29 is 20.1 Å². The summed E-state index contributed by atoms with van der Waals surface area (Å²) in [5, 5.41) is 27.0. The lowest BCUT2D eigenvalue weighted by molar-refractivity contribution is -0.139. The van der Waals surface area contributed by atoms with Crippen molar-refractivity contribution in [3.05, 3.63) is 35.4 Å². The number of rotatable bonds is 5. The van der Waals surface area contributed by atoms with E-state index in [2.05, 4.69) is 5.43 Å². The molecule has 6 heteroatoms. The van der Waals surface area contributed by atoms with Crippen LogP contribution in [0.2, 0.25) is 0 Å². The average molecular weight is 226 g/mol. The molecule has 1 aromatic carbocycles. The van der Waals surface area contributed by atoms with Gasteiger partial charge in [0.2, 0.25) is 0 Å². The molecule has 0 heterocycles. The standard InChI is InChI=1S/C10H14N2O4/c11-12-8(10(15)16)5-6-3-1-2-4-7(6)9(13)14/h1-4,8-9,12-14H,5,11H2,(H,15,16). The molecule has 0 bridgehead atoms. The third kappa shape index (κ3) is 3.01. The van der Waals surface area contributed by atoms with E-state index >= 15 is 0 Å². The van der Waals surface area contributed by atoms with E-state index < -0.39 is 18.3 Å². The lowest BCUT2D eigenvalue weighted by Gasteiger charge is -2.15. The van der Waals surface area contributed by atoms with Gasteiger partial charge in [0.25, 0.3) is 0 Å². The lowest BCUT2D eigenvalue weighted by atomic mass is 10.0. The fourth-order valence-electron chi connectivity index (χ4n) is 1.41. The Bertz CT molecular complexity index is 368. The van der Waals surface area contributed by atoms with E-state index in [4.69, 9.17) is 21.2 Å². The van der Waals surface area contributed by atoms with Crippen LogP contribution in [0.5, 0.6) is 0 Å². The molecule has 0 aliphatic heterocycles. The van der Waals surface area contributed by atoms with Crippen molar-refractivity contribution >= 4 is 5.97 Å². The van der Waals surface area contributed by atoms with Gasteiger partial charge in [-0.3, -0.25) is 10.6 Å². The first-order valence-corrected chi connectivity index (χ1v) is 4.69. The van der Waals surface area contributed by atoms with E-state index in [0.29, 0.717) is 5.56 Å². The number of nitrogens with two attached hydrogens (primary N) is 1. The van der Waals surface area contributed by atoms with Crippen LogP contribution in [0.1, 0.15) is 17.4 Å². The fraction of sp³-hybridized carbons (Fsp3) is 0.300. The third-order valence-electron chi connectivity index (χ3n) is 2.26. The number of carboxylic acids is 1. The fourth-order valence-corrected chi connectivity index (χ4v) is 1.41. The molecule has 0 amide bonds. The van der Waals surface area contributed by atoms with Crippen LogP contribution < -0.4 is 11.3 Å². The van der Waals surface area contributed by atoms with Crippen molar-refractivity contribution in [1.82, 2.24) is 5.43 Å². The zero-order chi connectivity index (χ0) is 12.1. The second-order valence-corrected chi connectivity index (χ2v) is 3.33. The van der Waals surface area contributed by atoms with Crippen molar-refractivity contribution in [2.24, 2.45) is 5.84 Å². The van der Waals surface area contributed by atoms with Crippen LogP contribution in [0.4, 0.5) is 0 Å². The largest absolute Gasteiger partial charge is 0.480 e. The Morgan fingerprint density at radius 2 is 2.00 bits per heavy atom. The first kappa shape index (κ1) is 12.6. The SMILES string of the molecule is NNC(Cc1ccccc1C(O)O)C(=O)O. The number of hydrazine groups is 1. The van der Waals surface area contributed by atoms with Gasteiger partial charge < -0.3 is 15.3 Å². The maximum absolute atomic E-state index is 10.7. The van der Waals surface area contributed by atoms with Crippen molar-refractivity contribution in [3.63, 3.8) is 0 Å². The highest BCUT2D eigenvalue weighted by Gasteiger charge is 2.18. The maximum Gasteiger partial charge on any atom is 0.322 e. The molecule has 0 aliphatic carbocycles. The van der Waals surface area contributed by atoms with Crippen LogP contribution in [0.3, 0.4) is 0 Å². The molecule has 1 aromatic rings. The number of hydrogen-bond acceptors (Lipinski definition) is 5. The monoisotopic (exact) mass is 226 g/mol. The maximum atomic E-state index is 10.7. The van der Waals surface area contributed by atoms with E-state index in [0.717, 1.165) is 0 Å². The molecule has 1 rings (SSSR count). The van der Waals surface area contributed by atoms with Crippen molar-refractivity contribution in [2.45, 2.75) is 18.8 Å². The molecule has 0 saturated carbocycles. The van der Waals surface area contributed by atoms with Crippen LogP contribution in [-0.4, -0.2) is 27.3 Å². The Hall–Kier alpha value is -1.47. The van der Waals surface area contributed by atoms with Crippen LogP contribution >= 0.6 is 0 Å². The summed E-state index contributed by atoms with van der Waals surface area (Å²) in [6.07, 6.45) is -1.54. The van der Waals surface area contributed by atoms with Gasteiger partial charge in [0, 0.05) is 12.0 Å². The number of nitrogens with one attached hydrogen (secondary N) is 1. The average Bonchev–Trinajstić information content (AvgIpc) is 2.25. The summed E-state index contributed by atoms with van der Waals surface area (Å²) in [4.78, 5) is 10.7. The van der Waals surface area contributed by atoms with Gasteiger partial charge in [-0.05, 0) is 5.56 Å². The molecular formula is C10H14N2O4. The Labute approximate surface area is 92.3 Å². The van der Waals surface area contributed by atoms with E-state index in [1.165, 1.54) is 6.07 Å². The van der Waals surface area contributed by atoms with Crippen molar-refractivity contribution in [3.8, 4) is 0 Å². The van der Waals surface area contributed by atoms with Gasteiger partial charge >= 0.3 is 5.97 Å². The molecule has 88 valence electrons. The predicted molar refractivity (Wildman–Crippen MR) is 56.1 cm³/mol. The van der Waals surface area contributed by atoms with Gasteiger partial charge in [0.15, 0.2) is 6.29 Å². The summed E-state index contributed by atoms with van der Waals surface area (Å²) in [6, 6.07) is 5.53. The molecule has 0 aromatic heterocycles. The number of carbonyl (C=O) groups is 1. The molecule has 1 unspecified atom stereocenters. The minimum atomic E-state index is -1.62. The molecule has 0 aliphatic rings. The molecule has 6 nitrogen and oxygen atoms in total. The Kier molecular flexibility index (Phi) is 4.39. The quantitative estimate of drug-likeness (QED) is 0.253. The highest BCUT2D eigenvalue weighted by Crippen LogP contribution is 2.17. The smallest absolute Gasteiger partial charge is 0.322 e. The minimum absolute atomic E-state index is 0.0830. The second kappa shape index (κ2) is 5.57. The van der Waals surface area contributed by atoms with E-state index in [-0.39, 0.29) is 12.0 Å².